The minimum absolute atomic E-state index is 1.36. The molecule has 0 aliphatic rings. The van der Waals surface area contributed by atoms with Gasteiger partial charge in [-0.3, -0.25) is 0 Å². The maximum atomic E-state index is 2.22. The summed E-state index contributed by atoms with van der Waals surface area (Å²) >= 11 is 0. The minimum Gasteiger partial charge on any atom is -0.0832 e. The van der Waals surface area contributed by atoms with Gasteiger partial charge in [0, 0.05) is 0 Å². The Morgan fingerprint density at radius 1 is 1.00 bits per heavy atom. The van der Waals surface area contributed by atoms with Gasteiger partial charge in [0.15, 0.2) is 0 Å². The Hall–Kier alpha value is -0.715. The van der Waals surface area contributed by atoms with E-state index in [0.29, 0.717) is 0 Å². The largest absolute Gasteiger partial charge is 0.139 e. The first-order valence-electron chi connectivity index (χ1n) is 3.65. The van der Waals surface area contributed by atoms with E-state index in [2.05, 4.69) is 40.8 Å². The lowest BCUT2D eigenvalue weighted by molar-refractivity contribution is 1.35. The molecule has 10 heavy (non-hydrogen) atoms. The molecule has 0 N–H and O–H groups in total. The van der Waals surface area contributed by atoms with Crippen molar-refractivity contribution in [3.05, 3.63) is 28.8 Å². The Morgan fingerprint density at radius 3 is 1.80 bits per heavy atom. The zero-order chi connectivity index (χ0) is 7.72. The van der Waals surface area contributed by atoms with Crippen LogP contribution in [0.1, 0.15) is 16.7 Å². The molecule has 0 fully saturated rings. The van der Waals surface area contributed by atoms with Crippen molar-refractivity contribution in [1.82, 2.24) is 0 Å². The van der Waals surface area contributed by atoms with E-state index in [9.17, 15) is 0 Å². The van der Waals surface area contributed by atoms with Crippen molar-refractivity contribution in [1.29, 1.82) is 0 Å². The second-order valence-electron chi connectivity index (χ2n) is 3.02. The van der Waals surface area contributed by atoms with Gasteiger partial charge in [0.2, 0.25) is 0 Å². The first kappa shape index (κ1) is 7.39. The van der Waals surface area contributed by atoms with Crippen LogP contribution < -0.4 is 5.46 Å². The van der Waals surface area contributed by atoms with Crippen LogP contribution >= 0.6 is 0 Å². The summed E-state index contributed by atoms with van der Waals surface area (Å²) in [4.78, 5) is 0. The molecular weight excluding hydrogens is 119 g/mol. The van der Waals surface area contributed by atoms with E-state index in [1.165, 1.54) is 22.2 Å². The third kappa shape index (κ3) is 1.23. The fraction of sp³-hybridized carbons (Fsp3) is 0.333. The molecule has 0 radical (unpaired) electrons. The lowest BCUT2D eigenvalue weighted by Gasteiger charge is -2.05. The molecule has 0 aliphatic carbocycles. The van der Waals surface area contributed by atoms with Gasteiger partial charge in [-0.05, 0) is 20.8 Å². The van der Waals surface area contributed by atoms with Gasteiger partial charge < -0.3 is 0 Å². The maximum absolute atomic E-state index is 2.22. The average Bonchev–Trinajstić information content (AvgIpc) is 1.82. The van der Waals surface area contributed by atoms with Gasteiger partial charge in [0.05, 0.1) is 0 Å². The first-order valence-corrected chi connectivity index (χ1v) is 3.65. The van der Waals surface area contributed by atoms with Gasteiger partial charge in [0.1, 0.15) is 7.85 Å². The van der Waals surface area contributed by atoms with E-state index in [4.69, 9.17) is 0 Å². The van der Waals surface area contributed by atoms with Crippen molar-refractivity contribution in [2.45, 2.75) is 20.8 Å². The van der Waals surface area contributed by atoms with Gasteiger partial charge >= 0.3 is 0 Å². The molecule has 0 saturated carbocycles. The highest BCUT2D eigenvalue weighted by molar-refractivity contribution is 6.34. The van der Waals surface area contributed by atoms with Gasteiger partial charge in [-0.2, -0.15) is 0 Å². The highest BCUT2D eigenvalue weighted by Gasteiger charge is 1.95. The van der Waals surface area contributed by atoms with E-state index < -0.39 is 0 Å². The number of aryl methyl sites for hydroxylation is 3. The molecule has 1 aromatic carbocycles. The highest BCUT2D eigenvalue weighted by Crippen LogP contribution is 2.03. The molecule has 0 atom stereocenters. The van der Waals surface area contributed by atoms with Gasteiger partial charge in [-0.15, -0.1) is 0 Å². The molecule has 0 nitrogen and oxygen atoms in total. The summed E-state index contributed by atoms with van der Waals surface area (Å²) in [6.07, 6.45) is 0. The van der Waals surface area contributed by atoms with Crippen LogP contribution in [0.15, 0.2) is 12.1 Å². The summed E-state index contributed by atoms with van der Waals surface area (Å²) in [6, 6.07) is 4.45. The van der Waals surface area contributed by atoms with Crippen molar-refractivity contribution in [2.24, 2.45) is 0 Å². The lowest BCUT2D eigenvalue weighted by atomic mass is 9.86. The lowest BCUT2D eigenvalue weighted by Crippen LogP contribution is -2.11. The molecule has 0 amide bonds. The van der Waals surface area contributed by atoms with Crippen LogP contribution in [-0.2, 0) is 0 Å². The van der Waals surface area contributed by atoms with Crippen LogP contribution in [0.2, 0.25) is 0 Å². The number of hydrogen-bond acceptors (Lipinski definition) is 0. The molecule has 0 saturated heterocycles. The molecule has 0 aromatic heterocycles. The molecular formula is C9H13B. The summed E-state index contributed by atoms with van der Waals surface area (Å²) in [6.45, 7) is 6.46. The molecule has 1 heteroatoms. The SMILES string of the molecule is Bc1c(C)cc(C)cc1C. The Kier molecular flexibility index (Phi) is 1.84. The maximum Gasteiger partial charge on any atom is 0.139 e. The van der Waals surface area contributed by atoms with E-state index in [0.717, 1.165) is 0 Å². The zero-order valence-corrected chi connectivity index (χ0v) is 7.15. The van der Waals surface area contributed by atoms with Gasteiger partial charge in [0.25, 0.3) is 0 Å². The van der Waals surface area contributed by atoms with Crippen molar-refractivity contribution < 1.29 is 0 Å². The molecule has 1 rings (SSSR count). The van der Waals surface area contributed by atoms with Crippen molar-refractivity contribution in [3.8, 4) is 0 Å². The molecule has 1 aromatic rings. The molecule has 0 aliphatic heterocycles. The Bertz CT molecular complexity index is 228. The number of hydrogen-bond donors (Lipinski definition) is 0. The van der Waals surface area contributed by atoms with E-state index in [1.807, 2.05) is 0 Å². The van der Waals surface area contributed by atoms with E-state index >= 15 is 0 Å². The Morgan fingerprint density at radius 2 is 1.40 bits per heavy atom. The zero-order valence-electron chi connectivity index (χ0n) is 7.15. The Labute approximate surface area is 63.7 Å². The van der Waals surface area contributed by atoms with E-state index in [-0.39, 0.29) is 0 Å². The average molecular weight is 132 g/mol. The molecule has 0 unspecified atom stereocenters. The van der Waals surface area contributed by atoms with Crippen LogP contribution in [0.5, 0.6) is 0 Å². The normalized spacial score (nSPS) is 9.90. The second-order valence-corrected chi connectivity index (χ2v) is 3.02. The van der Waals surface area contributed by atoms with Crippen LogP contribution in [0, 0.1) is 20.8 Å². The summed E-state index contributed by atoms with van der Waals surface area (Å²) in [5, 5.41) is 0. The summed E-state index contributed by atoms with van der Waals surface area (Å²) in [7, 11) is 2.17. The second kappa shape index (κ2) is 2.49. The monoisotopic (exact) mass is 132 g/mol. The fourth-order valence-corrected chi connectivity index (χ4v) is 1.25. The van der Waals surface area contributed by atoms with Crippen molar-refractivity contribution >= 4 is 13.3 Å². The summed E-state index contributed by atoms with van der Waals surface area (Å²) < 4.78 is 0. The fourth-order valence-electron chi connectivity index (χ4n) is 1.25. The van der Waals surface area contributed by atoms with Crippen LogP contribution in [0.25, 0.3) is 0 Å². The minimum atomic E-state index is 1.36. The standard InChI is InChI=1S/C9H13B/c1-6-4-7(2)9(10)8(3)5-6/h4-5H,10H2,1-3H3. The van der Waals surface area contributed by atoms with Gasteiger partial charge in [-0.25, -0.2) is 0 Å². The summed E-state index contributed by atoms with van der Waals surface area (Å²) in [5.74, 6) is 0. The van der Waals surface area contributed by atoms with E-state index in [1.54, 1.807) is 0 Å². The van der Waals surface area contributed by atoms with Crippen LogP contribution in [-0.4, -0.2) is 7.85 Å². The molecule has 0 spiro atoms. The third-order valence-electron chi connectivity index (χ3n) is 2.07. The predicted molar refractivity (Wildman–Crippen MR) is 48.8 cm³/mol. The van der Waals surface area contributed by atoms with Crippen LogP contribution in [0.3, 0.4) is 0 Å². The highest BCUT2D eigenvalue weighted by atomic mass is 14.0. The predicted octanol–water partition coefficient (Wildman–Crippen LogP) is 0.870. The number of benzene rings is 1. The Balaban J connectivity index is 3.31. The first-order chi connectivity index (χ1) is 4.61. The van der Waals surface area contributed by atoms with Crippen LogP contribution in [0.4, 0.5) is 0 Å². The molecule has 0 heterocycles. The van der Waals surface area contributed by atoms with Crippen molar-refractivity contribution in [2.75, 3.05) is 0 Å². The smallest absolute Gasteiger partial charge is 0.0832 e. The molecule has 0 bridgehead atoms. The van der Waals surface area contributed by atoms with Gasteiger partial charge in [-0.1, -0.05) is 34.3 Å². The van der Waals surface area contributed by atoms with Crippen molar-refractivity contribution in [3.63, 3.8) is 0 Å². The summed E-state index contributed by atoms with van der Waals surface area (Å²) in [5.41, 5.74) is 5.58. The third-order valence-corrected chi connectivity index (χ3v) is 2.07. The topological polar surface area (TPSA) is 0 Å². The number of rotatable bonds is 0. The molecule has 52 valence electrons. The quantitative estimate of drug-likeness (QED) is 0.459.